The number of para-hydroxylation sites is 1. The predicted octanol–water partition coefficient (Wildman–Crippen LogP) is 3.94. The Morgan fingerprint density at radius 1 is 1.43 bits per heavy atom. The topological polar surface area (TPSA) is 37.4 Å². The number of hydrogen-bond acceptors (Lipinski definition) is 5. The van der Waals surface area contributed by atoms with Crippen LogP contribution in [0.25, 0.3) is 10.6 Å². The Balaban J connectivity index is 2.07. The Hall–Kier alpha value is -1.59. The monoisotopic (exact) mass is 303 g/mol. The summed E-state index contributed by atoms with van der Waals surface area (Å²) < 4.78 is 5.58. The van der Waals surface area contributed by atoms with Crippen molar-refractivity contribution in [2.45, 2.75) is 39.6 Å². The molecule has 3 rings (SSSR count). The quantitative estimate of drug-likeness (QED) is 0.928. The Morgan fingerprint density at radius 2 is 2.24 bits per heavy atom. The molecule has 0 radical (unpaired) electrons. The average molecular weight is 303 g/mol. The Kier molecular flexibility index (Phi) is 3.87. The SMILES string of the molecule is CCc1csc(-c2cccc3c2NC(OC)N3C(C)C)n1. The number of methoxy groups -OCH3 is 1. The molecule has 1 aliphatic heterocycles. The van der Waals surface area contributed by atoms with E-state index in [1.54, 1.807) is 18.4 Å². The highest BCUT2D eigenvalue weighted by atomic mass is 32.1. The average Bonchev–Trinajstić information content (AvgIpc) is 3.10. The molecule has 0 amide bonds. The zero-order chi connectivity index (χ0) is 15.0. The number of nitrogens with zero attached hydrogens (tertiary/aromatic N) is 2. The van der Waals surface area contributed by atoms with Crippen LogP contribution >= 0.6 is 11.3 Å². The van der Waals surface area contributed by atoms with Crippen molar-refractivity contribution in [2.75, 3.05) is 17.3 Å². The molecule has 0 saturated carbocycles. The van der Waals surface area contributed by atoms with E-state index in [2.05, 4.69) is 54.6 Å². The molecule has 1 aliphatic rings. The molecule has 0 fully saturated rings. The van der Waals surface area contributed by atoms with Crippen molar-refractivity contribution in [3.8, 4) is 10.6 Å². The fourth-order valence-electron chi connectivity index (χ4n) is 2.72. The number of ether oxygens (including phenoxy) is 1. The number of thiazole rings is 1. The number of rotatable bonds is 4. The van der Waals surface area contributed by atoms with E-state index in [1.807, 2.05) is 0 Å². The second-order valence-corrected chi connectivity index (χ2v) is 6.29. The van der Waals surface area contributed by atoms with Gasteiger partial charge in [-0.1, -0.05) is 13.0 Å². The molecule has 4 nitrogen and oxygen atoms in total. The van der Waals surface area contributed by atoms with Crippen LogP contribution in [-0.2, 0) is 11.2 Å². The summed E-state index contributed by atoms with van der Waals surface area (Å²) in [5.41, 5.74) is 4.61. The summed E-state index contributed by atoms with van der Waals surface area (Å²) in [6, 6.07) is 6.72. The fraction of sp³-hybridized carbons (Fsp3) is 0.438. The predicted molar refractivity (Wildman–Crippen MR) is 89.0 cm³/mol. The molecule has 1 N–H and O–H groups in total. The third-order valence-electron chi connectivity index (χ3n) is 3.77. The first-order valence-corrected chi connectivity index (χ1v) is 8.19. The molecule has 1 atom stereocenters. The highest BCUT2D eigenvalue weighted by Crippen LogP contribution is 2.43. The highest BCUT2D eigenvalue weighted by Gasteiger charge is 2.32. The molecule has 0 spiro atoms. The first kappa shape index (κ1) is 14.4. The van der Waals surface area contributed by atoms with Gasteiger partial charge in [0.25, 0.3) is 0 Å². The lowest BCUT2D eigenvalue weighted by atomic mass is 10.1. The molecule has 1 aromatic carbocycles. The molecule has 21 heavy (non-hydrogen) atoms. The van der Waals surface area contributed by atoms with Gasteiger partial charge < -0.3 is 15.0 Å². The molecule has 1 aromatic heterocycles. The van der Waals surface area contributed by atoms with Gasteiger partial charge in [-0.15, -0.1) is 11.3 Å². The Bertz CT molecular complexity index is 638. The number of aromatic nitrogens is 1. The van der Waals surface area contributed by atoms with Gasteiger partial charge in [0.15, 0.2) is 0 Å². The molecule has 5 heteroatoms. The Labute approximate surface area is 129 Å². The van der Waals surface area contributed by atoms with Gasteiger partial charge in [0.2, 0.25) is 6.35 Å². The van der Waals surface area contributed by atoms with E-state index < -0.39 is 0 Å². The van der Waals surface area contributed by atoms with E-state index in [1.165, 1.54) is 5.69 Å². The molecule has 0 saturated heterocycles. The van der Waals surface area contributed by atoms with Crippen molar-refractivity contribution in [1.82, 2.24) is 4.98 Å². The van der Waals surface area contributed by atoms with Gasteiger partial charge in [0.1, 0.15) is 5.01 Å². The standard InChI is InChI=1S/C16H21N3OS/c1-5-11-9-21-15(17-11)12-7-6-8-13-14(12)18-16(20-4)19(13)10(2)3/h6-10,16,18H,5H2,1-4H3. The van der Waals surface area contributed by atoms with E-state index in [9.17, 15) is 0 Å². The molecule has 0 aliphatic carbocycles. The van der Waals surface area contributed by atoms with Gasteiger partial charge >= 0.3 is 0 Å². The van der Waals surface area contributed by atoms with Crippen LogP contribution in [0.4, 0.5) is 11.4 Å². The van der Waals surface area contributed by atoms with Crippen molar-refractivity contribution in [3.05, 3.63) is 29.3 Å². The van der Waals surface area contributed by atoms with Crippen LogP contribution in [0.2, 0.25) is 0 Å². The number of fused-ring (bicyclic) bond motifs is 1. The second-order valence-electron chi connectivity index (χ2n) is 5.43. The van der Waals surface area contributed by atoms with E-state index in [-0.39, 0.29) is 6.35 Å². The summed E-state index contributed by atoms with van der Waals surface area (Å²) in [7, 11) is 1.73. The maximum absolute atomic E-state index is 5.58. The largest absolute Gasteiger partial charge is 0.344 e. The number of aryl methyl sites for hydroxylation is 1. The number of nitrogens with one attached hydrogen (secondary N) is 1. The normalized spacial score (nSPS) is 17.2. The minimum atomic E-state index is -0.119. The first-order valence-electron chi connectivity index (χ1n) is 7.31. The molecule has 2 heterocycles. The molecular weight excluding hydrogens is 282 g/mol. The molecular formula is C16H21N3OS. The minimum absolute atomic E-state index is 0.119. The first-order chi connectivity index (χ1) is 10.2. The van der Waals surface area contributed by atoms with Gasteiger partial charge in [-0.3, -0.25) is 0 Å². The molecule has 2 aromatic rings. The van der Waals surface area contributed by atoms with Crippen LogP contribution in [-0.4, -0.2) is 24.5 Å². The minimum Gasteiger partial charge on any atom is -0.344 e. The van der Waals surface area contributed by atoms with E-state index in [4.69, 9.17) is 9.72 Å². The van der Waals surface area contributed by atoms with Gasteiger partial charge in [0.05, 0.1) is 17.1 Å². The van der Waals surface area contributed by atoms with Crippen molar-refractivity contribution in [1.29, 1.82) is 0 Å². The lowest BCUT2D eigenvalue weighted by molar-refractivity contribution is 0.121. The summed E-state index contributed by atoms with van der Waals surface area (Å²) in [5.74, 6) is 0. The van der Waals surface area contributed by atoms with Crippen LogP contribution in [0.1, 0.15) is 26.5 Å². The maximum Gasteiger partial charge on any atom is 0.208 e. The van der Waals surface area contributed by atoms with E-state index in [0.717, 1.165) is 28.4 Å². The second kappa shape index (κ2) is 5.66. The van der Waals surface area contributed by atoms with Crippen LogP contribution < -0.4 is 10.2 Å². The summed E-state index contributed by atoms with van der Waals surface area (Å²) in [5, 5.41) is 6.68. The van der Waals surface area contributed by atoms with E-state index in [0.29, 0.717) is 6.04 Å². The fourth-order valence-corrected chi connectivity index (χ4v) is 3.65. The van der Waals surface area contributed by atoms with Gasteiger partial charge in [-0.05, 0) is 32.4 Å². The van der Waals surface area contributed by atoms with Crippen molar-refractivity contribution in [2.24, 2.45) is 0 Å². The third kappa shape index (κ3) is 2.40. The van der Waals surface area contributed by atoms with Gasteiger partial charge in [0, 0.05) is 24.1 Å². The molecule has 0 bridgehead atoms. The van der Waals surface area contributed by atoms with Crippen LogP contribution in [0.3, 0.4) is 0 Å². The van der Waals surface area contributed by atoms with Gasteiger partial charge in [-0.2, -0.15) is 0 Å². The highest BCUT2D eigenvalue weighted by molar-refractivity contribution is 7.13. The van der Waals surface area contributed by atoms with Gasteiger partial charge in [-0.25, -0.2) is 4.98 Å². The maximum atomic E-state index is 5.58. The van der Waals surface area contributed by atoms with Crippen molar-refractivity contribution >= 4 is 22.7 Å². The summed E-state index contributed by atoms with van der Waals surface area (Å²) >= 11 is 1.70. The number of anilines is 2. The molecule has 1 unspecified atom stereocenters. The van der Waals surface area contributed by atoms with Crippen LogP contribution in [0.5, 0.6) is 0 Å². The molecule has 112 valence electrons. The lowest BCUT2D eigenvalue weighted by Gasteiger charge is -2.29. The number of benzene rings is 1. The zero-order valence-corrected chi connectivity index (χ0v) is 13.7. The summed E-state index contributed by atoms with van der Waals surface area (Å²) in [4.78, 5) is 6.97. The van der Waals surface area contributed by atoms with Crippen molar-refractivity contribution < 1.29 is 4.74 Å². The van der Waals surface area contributed by atoms with Crippen molar-refractivity contribution in [3.63, 3.8) is 0 Å². The van der Waals surface area contributed by atoms with Crippen LogP contribution in [0, 0.1) is 0 Å². The van der Waals surface area contributed by atoms with Crippen LogP contribution in [0.15, 0.2) is 23.6 Å². The Morgan fingerprint density at radius 3 is 2.86 bits per heavy atom. The summed E-state index contributed by atoms with van der Waals surface area (Å²) in [6.07, 6.45) is 0.851. The third-order valence-corrected chi connectivity index (χ3v) is 4.69. The number of hydrogen-bond donors (Lipinski definition) is 1. The smallest absolute Gasteiger partial charge is 0.208 e. The summed E-state index contributed by atoms with van der Waals surface area (Å²) in [6.45, 7) is 6.48. The zero-order valence-electron chi connectivity index (χ0n) is 12.9. The van der Waals surface area contributed by atoms with E-state index >= 15 is 0 Å². The lowest BCUT2D eigenvalue weighted by Crippen LogP contribution is -2.41.